The highest BCUT2D eigenvalue weighted by Gasteiger charge is 2.12. The molecule has 0 unspecified atom stereocenters. The molecule has 0 aliphatic heterocycles. The molecule has 1 aromatic rings. The highest BCUT2D eigenvalue weighted by Crippen LogP contribution is 2.25. The fourth-order valence-corrected chi connectivity index (χ4v) is 2.89. The highest BCUT2D eigenvalue weighted by atomic mass is 16.5. The minimum Gasteiger partial charge on any atom is -0.475 e. The van der Waals surface area contributed by atoms with E-state index in [1.165, 1.54) is 38.5 Å². The van der Waals surface area contributed by atoms with Gasteiger partial charge in [-0.2, -0.15) is 0 Å². The second-order valence-electron chi connectivity index (χ2n) is 6.10. The lowest BCUT2D eigenvalue weighted by atomic mass is 9.87. The van der Waals surface area contributed by atoms with Crippen molar-refractivity contribution in [2.45, 2.75) is 65.0 Å². The van der Waals surface area contributed by atoms with Gasteiger partial charge in [0.15, 0.2) is 0 Å². The molecular formula is C17H28N2O. The molecule has 0 radical (unpaired) electrons. The molecule has 1 N–H and O–H groups in total. The molecule has 1 aromatic heterocycles. The molecule has 0 saturated heterocycles. The summed E-state index contributed by atoms with van der Waals surface area (Å²) >= 11 is 0. The van der Waals surface area contributed by atoms with Crippen LogP contribution in [0, 0.1) is 5.92 Å². The third-order valence-electron chi connectivity index (χ3n) is 3.97. The predicted octanol–water partition coefficient (Wildman–Crippen LogP) is 3.93. The summed E-state index contributed by atoms with van der Waals surface area (Å²) in [5.74, 6) is 1.71. The van der Waals surface area contributed by atoms with Crippen LogP contribution in [0.15, 0.2) is 18.3 Å². The van der Waals surface area contributed by atoms with Crippen LogP contribution in [-0.2, 0) is 6.54 Å². The number of nitrogens with zero attached hydrogens (tertiary/aromatic N) is 1. The maximum Gasteiger partial charge on any atom is 0.218 e. The first-order chi connectivity index (χ1) is 9.75. The number of ether oxygens (including phenoxy) is 1. The van der Waals surface area contributed by atoms with Crippen molar-refractivity contribution in [3.05, 3.63) is 23.9 Å². The molecule has 1 fully saturated rings. The van der Waals surface area contributed by atoms with E-state index < -0.39 is 0 Å². The number of rotatable bonds is 7. The molecular weight excluding hydrogens is 248 g/mol. The van der Waals surface area contributed by atoms with E-state index in [4.69, 9.17) is 4.74 Å². The predicted molar refractivity (Wildman–Crippen MR) is 82.9 cm³/mol. The van der Waals surface area contributed by atoms with E-state index >= 15 is 0 Å². The molecule has 0 spiro atoms. The van der Waals surface area contributed by atoms with Crippen molar-refractivity contribution < 1.29 is 4.74 Å². The van der Waals surface area contributed by atoms with E-state index in [1.54, 1.807) is 6.20 Å². The standard InChI is InChI=1S/C17H28N2O/c1-14(2)20-17-16(9-6-11-19-17)13-18-12-10-15-7-4-3-5-8-15/h6,9,11,14-15,18H,3-5,7-8,10,12-13H2,1-2H3. The third kappa shape index (κ3) is 5.12. The van der Waals surface area contributed by atoms with Crippen molar-refractivity contribution in [3.8, 4) is 5.88 Å². The van der Waals surface area contributed by atoms with Crippen LogP contribution >= 0.6 is 0 Å². The summed E-state index contributed by atoms with van der Waals surface area (Å²) in [7, 11) is 0. The van der Waals surface area contributed by atoms with Gasteiger partial charge in [-0.25, -0.2) is 4.98 Å². The molecule has 0 atom stereocenters. The fraction of sp³-hybridized carbons (Fsp3) is 0.706. The second-order valence-corrected chi connectivity index (χ2v) is 6.10. The van der Waals surface area contributed by atoms with Crippen LogP contribution in [0.4, 0.5) is 0 Å². The number of pyridine rings is 1. The van der Waals surface area contributed by atoms with Crippen LogP contribution in [0.2, 0.25) is 0 Å². The van der Waals surface area contributed by atoms with Gasteiger partial charge in [-0.05, 0) is 38.8 Å². The molecule has 0 aromatic carbocycles. The molecule has 3 nitrogen and oxygen atoms in total. The first-order valence-corrected chi connectivity index (χ1v) is 8.07. The molecule has 0 bridgehead atoms. The van der Waals surface area contributed by atoms with Gasteiger partial charge in [0.05, 0.1) is 6.10 Å². The van der Waals surface area contributed by atoms with E-state index in [2.05, 4.69) is 16.4 Å². The van der Waals surface area contributed by atoms with Crippen molar-refractivity contribution in [3.63, 3.8) is 0 Å². The van der Waals surface area contributed by atoms with Crippen LogP contribution in [0.1, 0.15) is 57.9 Å². The monoisotopic (exact) mass is 276 g/mol. The highest BCUT2D eigenvalue weighted by molar-refractivity contribution is 5.25. The Morgan fingerprint density at radius 3 is 2.85 bits per heavy atom. The van der Waals surface area contributed by atoms with Crippen LogP contribution in [-0.4, -0.2) is 17.6 Å². The van der Waals surface area contributed by atoms with Gasteiger partial charge in [-0.3, -0.25) is 0 Å². The molecule has 112 valence electrons. The molecule has 1 heterocycles. The third-order valence-corrected chi connectivity index (χ3v) is 3.97. The lowest BCUT2D eigenvalue weighted by Gasteiger charge is -2.21. The number of hydrogen-bond donors (Lipinski definition) is 1. The lowest BCUT2D eigenvalue weighted by molar-refractivity contribution is 0.229. The van der Waals surface area contributed by atoms with Gasteiger partial charge >= 0.3 is 0 Å². The Balaban J connectivity index is 1.73. The summed E-state index contributed by atoms with van der Waals surface area (Å²) < 4.78 is 5.74. The largest absolute Gasteiger partial charge is 0.475 e. The average molecular weight is 276 g/mol. The van der Waals surface area contributed by atoms with E-state index in [9.17, 15) is 0 Å². The Morgan fingerprint density at radius 2 is 2.10 bits per heavy atom. The first kappa shape index (κ1) is 15.3. The minimum absolute atomic E-state index is 0.172. The zero-order chi connectivity index (χ0) is 14.2. The number of aromatic nitrogens is 1. The van der Waals surface area contributed by atoms with E-state index in [1.807, 2.05) is 19.9 Å². The number of hydrogen-bond acceptors (Lipinski definition) is 3. The molecule has 20 heavy (non-hydrogen) atoms. The molecule has 1 aliphatic carbocycles. The Morgan fingerprint density at radius 1 is 1.30 bits per heavy atom. The van der Waals surface area contributed by atoms with Crippen molar-refractivity contribution in [1.82, 2.24) is 10.3 Å². The van der Waals surface area contributed by atoms with Gasteiger partial charge in [0.25, 0.3) is 0 Å². The van der Waals surface area contributed by atoms with Crippen molar-refractivity contribution >= 4 is 0 Å². The van der Waals surface area contributed by atoms with Gasteiger partial charge in [-0.15, -0.1) is 0 Å². The van der Waals surface area contributed by atoms with Gasteiger partial charge in [-0.1, -0.05) is 38.2 Å². The van der Waals surface area contributed by atoms with Crippen molar-refractivity contribution in [1.29, 1.82) is 0 Å². The Kier molecular flexibility index (Phi) is 6.31. The summed E-state index contributed by atoms with van der Waals surface area (Å²) in [5, 5.41) is 3.54. The molecule has 1 saturated carbocycles. The van der Waals surface area contributed by atoms with Gasteiger partial charge in [0, 0.05) is 18.3 Å². The maximum atomic E-state index is 5.74. The smallest absolute Gasteiger partial charge is 0.218 e. The first-order valence-electron chi connectivity index (χ1n) is 8.07. The van der Waals surface area contributed by atoms with Crippen molar-refractivity contribution in [2.75, 3.05) is 6.54 Å². The molecule has 1 aliphatic rings. The lowest BCUT2D eigenvalue weighted by Crippen LogP contribution is -2.20. The normalized spacial score (nSPS) is 16.6. The summed E-state index contributed by atoms with van der Waals surface area (Å²) in [6.07, 6.45) is 10.4. The van der Waals surface area contributed by atoms with Gasteiger partial charge < -0.3 is 10.1 Å². The summed E-state index contributed by atoms with van der Waals surface area (Å²) in [5.41, 5.74) is 1.16. The molecule has 3 heteroatoms. The zero-order valence-corrected chi connectivity index (χ0v) is 12.9. The van der Waals surface area contributed by atoms with Crippen LogP contribution < -0.4 is 10.1 Å². The SMILES string of the molecule is CC(C)Oc1ncccc1CNCCC1CCCCC1. The maximum absolute atomic E-state index is 5.74. The Bertz CT molecular complexity index is 386. The second kappa shape index (κ2) is 8.25. The van der Waals surface area contributed by atoms with E-state index in [0.29, 0.717) is 0 Å². The summed E-state index contributed by atoms with van der Waals surface area (Å²) in [4.78, 5) is 4.33. The van der Waals surface area contributed by atoms with E-state index in [0.717, 1.165) is 30.5 Å². The summed E-state index contributed by atoms with van der Waals surface area (Å²) in [6, 6.07) is 4.07. The molecule has 2 rings (SSSR count). The zero-order valence-electron chi connectivity index (χ0n) is 12.9. The topological polar surface area (TPSA) is 34.1 Å². The van der Waals surface area contributed by atoms with Gasteiger partial charge in [0.2, 0.25) is 5.88 Å². The van der Waals surface area contributed by atoms with Crippen LogP contribution in [0.5, 0.6) is 5.88 Å². The summed E-state index contributed by atoms with van der Waals surface area (Å²) in [6.45, 7) is 6.02. The Labute approximate surface area is 123 Å². The fourth-order valence-electron chi connectivity index (χ4n) is 2.89. The van der Waals surface area contributed by atoms with E-state index in [-0.39, 0.29) is 6.10 Å². The molecule has 0 amide bonds. The quantitative estimate of drug-likeness (QED) is 0.766. The van der Waals surface area contributed by atoms with Gasteiger partial charge in [0.1, 0.15) is 0 Å². The van der Waals surface area contributed by atoms with Crippen molar-refractivity contribution in [2.24, 2.45) is 5.92 Å². The minimum atomic E-state index is 0.172. The Hall–Kier alpha value is -1.09. The van der Waals surface area contributed by atoms with Crippen LogP contribution in [0.3, 0.4) is 0 Å². The van der Waals surface area contributed by atoms with Crippen LogP contribution in [0.25, 0.3) is 0 Å². The number of nitrogens with one attached hydrogen (secondary N) is 1. The average Bonchev–Trinajstić information content (AvgIpc) is 2.46.